The number of aldehydes is 1. The molecule has 3 aromatic rings. The number of carbonyl (C=O) groups is 2. The number of anilines is 2. The minimum atomic E-state index is -0.113. The van der Waals surface area contributed by atoms with Gasteiger partial charge in [0.2, 0.25) is 5.91 Å². The first-order valence-electron chi connectivity index (χ1n) is 10.7. The van der Waals surface area contributed by atoms with Gasteiger partial charge in [-0.1, -0.05) is 32.0 Å². The van der Waals surface area contributed by atoms with Gasteiger partial charge in [-0.15, -0.1) is 0 Å². The average molecular weight is 449 g/mol. The number of nitrogen functional groups attached to an aromatic ring is 1. The highest BCUT2D eigenvalue weighted by Gasteiger charge is 2.09. The Morgan fingerprint density at radius 3 is 2.52 bits per heavy atom. The normalized spacial score (nSPS) is 10.2. The van der Waals surface area contributed by atoms with Crippen LogP contribution in [0.5, 0.6) is 5.75 Å². The van der Waals surface area contributed by atoms with E-state index in [1.54, 1.807) is 19.4 Å². The fourth-order valence-electron chi connectivity index (χ4n) is 2.97. The van der Waals surface area contributed by atoms with Crippen LogP contribution >= 0.6 is 0 Å². The summed E-state index contributed by atoms with van der Waals surface area (Å²) in [5, 5.41) is 5.94. The molecule has 0 radical (unpaired) electrons. The molecular formula is C26H32N4O3. The summed E-state index contributed by atoms with van der Waals surface area (Å²) < 4.78 is 5.18. The third kappa shape index (κ3) is 7.73. The Morgan fingerprint density at radius 1 is 1.18 bits per heavy atom. The molecule has 1 heterocycles. The van der Waals surface area contributed by atoms with Crippen molar-refractivity contribution >= 4 is 23.7 Å². The van der Waals surface area contributed by atoms with Crippen molar-refractivity contribution in [2.45, 2.75) is 33.2 Å². The molecule has 3 rings (SSSR count). The molecule has 33 heavy (non-hydrogen) atoms. The van der Waals surface area contributed by atoms with Crippen molar-refractivity contribution in [3.63, 3.8) is 0 Å². The van der Waals surface area contributed by atoms with Crippen molar-refractivity contribution in [1.82, 2.24) is 10.3 Å². The summed E-state index contributed by atoms with van der Waals surface area (Å²) in [6.45, 7) is 6.16. The number of methoxy groups -OCH3 is 1. The van der Waals surface area contributed by atoms with Crippen LogP contribution in [0, 0.1) is 6.92 Å². The van der Waals surface area contributed by atoms with Crippen molar-refractivity contribution < 1.29 is 14.3 Å². The van der Waals surface area contributed by atoms with Crippen molar-refractivity contribution in [3.8, 4) is 16.9 Å². The highest BCUT2D eigenvalue weighted by atomic mass is 16.5. The van der Waals surface area contributed by atoms with Gasteiger partial charge in [0, 0.05) is 23.5 Å². The van der Waals surface area contributed by atoms with Crippen LogP contribution in [0.15, 0.2) is 54.7 Å². The molecule has 2 aromatic carbocycles. The lowest BCUT2D eigenvalue weighted by atomic mass is 10.00. The molecule has 0 aliphatic heterocycles. The number of aryl methyl sites for hydroxylation is 1. The number of aromatic nitrogens is 1. The number of nitrogens with one attached hydrogen (secondary N) is 2. The van der Waals surface area contributed by atoms with Crippen molar-refractivity contribution in [2.24, 2.45) is 0 Å². The monoisotopic (exact) mass is 448 g/mol. The summed E-state index contributed by atoms with van der Waals surface area (Å²) in [5.41, 5.74) is 10.3. The minimum Gasteiger partial charge on any atom is -0.497 e. The van der Waals surface area contributed by atoms with E-state index in [4.69, 9.17) is 10.5 Å². The number of nitrogens with two attached hydrogens (primary N) is 1. The molecule has 7 heteroatoms. The number of nitrogens with zero attached hydrogens (tertiary/aromatic N) is 1. The summed E-state index contributed by atoms with van der Waals surface area (Å²) in [4.78, 5) is 27.5. The predicted octanol–water partition coefficient (Wildman–Crippen LogP) is 4.26. The van der Waals surface area contributed by atoms with E-state index in [-0.39, 0.29) is 18.1 Å². The van der Waals surface area contributed by atoms with E-state index in [2.05, 4.69) is 29.5 Å². The Kier molecular flexibility index (Phi) is 9.57. The number of benzene rings is 2. The lowest BCUT2D eigenvalue weighted by Gasteiger charge is -2.11. The molecule has 0 saturated heterocycles. The van der Waals surface area contributed by atoms with Gasteiger partial charge in [-0.05, 0) is 61.0 Å². The molecule has 0 bridgehead atoms. The predicted molar refractivity (Wildman–Crippen MR) is 134 cm³/mol. The zero-order valence-electron chi connectivity index (χ0n) is 19.8. The molecule has 1 amide bonds. The zero-order chi connectivity index (χ0) is 24.4. The van der Waals surface area contributed by atoms with E-state index in [0.29, 0.717) is 23.6 Å². The molecule has 4 N–H and O–H groups in total. The summed E-state index contributed by atoms with van der Waals surface area (Å²) in [6.07, 6.45) is 2.57. The largest absolute Gasteiger partial charge is 0.497 e. The van der Waals surface area contributed by atoms with E-state index in [1.807, 2.05) is 56.4 Å². The van der Waals surface area contributed by atoms with E-state index in [1.165, 1.54) is 0 Å². The molecule has 0 saturated carbocycles. The van der Waals surface area contributed by atoms with Crippen molar-refractivity contribution in [2.75, 3.05) is 25.2 Å². The zero-order valence-corrected chi connectivity index (χ0v) is 19.8. The average Bonchev–Trinajstić information content (AvgIpc) is 2.80. The van der Waals surface area contributed by atoms with Gasteiger partial charge in [-0.2, -0.15) is 0 Å². The van der Waals surface area contributed by atoms with Crippen LogP contribution in [0.2, 0.25) is 0 Å². The molecule has 7 nitrogen and oxygen atoms in total. The molecule has 0 aliphatic rings. The van der Waals surface area contributed by atoms with Gasteiger partial charge >= 0.3 is 0 Å². The molecule has 0 unspecified atom stereocenters. The molecular weight excluding hydrogens is 416 g/mol. The first-order valence-corrected chi connectivity index (χ1v) is 10.7. The van der Waals surface area contributed by atoms with Crippen molar-refractivity contribution in [3.05, 3.63) is 71.4 Å². The maximum atomic E-state index is 12.4. The van der Waals surface area contributed by atoms with Crippen LogP contribution in [0.4, 0.5) is 11.5 Å². The fourth-order valence-corrected chi connectivity index (χ4v) is 2.97. The van der Waals surface area contributed by atoms with E-state index < -0.39 is 0 Å². The van der Waals surface area contributed by atoms with Gasteiger partial charge in [0.25, 0.3) is 0 Å². The lowest BCUT2D eigenvalue weighted by molar-refractivity contribution is -0.115. The smallest absolute Gasteiger partial charge is 0.228 e. The van der Waals surface area contributed by atoms with E-state index in [0.717, 1.165) is 28.0 Å². The molecule has 0 fully saturated rings. The molecule has 0 aliphatic carbocycles. The Balaban J connectivity index is 0.000000696. The summed E-state index contributed by atoms with van der Waals surface area (Å²) in [6, 6.07) is 15.4. The van der Waals surface area contributed by atoms with Crippen LogP contribution in [0.3, 0.4) is 0 Å². The van der Waals surface area contributed by atoms with Gasteiger partial charge in [-0.3, -0.25) is 9.59 Å². The number of carbonyl (C=O) groups excluding carboxylic acids is 2. The number of hydrogen-bond acceptors (Lipinski definition) is 6. The highest BCUT2D eigenvalue weighted by Crippen LogP contribution is 2.27. The first kappa shape index (κ1) is 25.5. The second-order valence-corrected chi connectivity index (χ2v) is 7.87. The number of amides is 1. The van der Waals surface area contributed by atoms with Crippen LogP contribution in [-0.4, -0.2) is 37.4 Å². The Morgan fingerprint density at radius 2 is 1.91 bits per heavy atom. The van der Waals surface area contributed by atoms with Gasteiger partial charge in [-0.25, -0.2) is 4.98 Å². The van der Waals surface area contributed by atoms with Gasteiger partial charge in [0.05, 0.1) is 19.1 Å². The molecule has 174 valence electrons. The number of hydrogen-bond donors (Lipinski definition) is 3. The Labute approximate surface area is 195 Å². The first-order chi connectivity index (χ1) is 15.8. The number of rotatable bonds is 7. The molecule has 0 spiro atoms. The van der Waals surface area contributed by atoms with Gasteiger partial charge in [0.1, 0.15) is 11.6 Å². The van der Waals surface area contributed by atoms with Gasteiger partial charge < -0.3 is 21.1 Å². The summed E-state index contributed by atoms with van der Waals surface area (Å²) in [7, 11) is 3.54. The summed E-state index contributed by atoms with van der Waals surface area (Å²) in [5.74, 6) is 0.813. The Hall–Kier alpha value is -3.71. The van der Waals surface area contributed by atoms with Crippen LogP contribution in [0.1, 0.15) is 35.3 Å². The van der Waals surface area contributed by atoms with Crippen LogP contribution in [0.25, 0.3) is 11.1 Å². The molecule has 1 aromatic heterocycles. The van der Waals surface area contributed by atoms with Gasteiger partial charge in [0.15, 0.2) is 6.29 Å². The standard InChI is InChI=1S/C22H21N3O3.C4H11N/c1-14-8-18(25-21(27)10-15-4-3-5-19(9-15)28-2)6-7-20(14)16-11-17(13-26)22(23)24-12-16;1-4(2)5-3/h3-9,11-13H,10H2,1-2H3,(H2,23,24)(H,25,27);4-5H,1-3H3. The van der Waals surface area contributed by atoms with E-state index >= 15 is 0 Å². The minimum absolute atomic E-state index is 0.113. The summed E-state index contributed by atoms with van der Waals surface area (Å²) >= 11 is 0. The topological polar surface area (TPSA) is 106 Å². The third-order valence-corrected chi connectivity index (χ3v) is 4.97. The number of pyridine rings is 1. The second kappa shape index (κ2) is 12.4. The maximum absolute atomic E-state index is 12.4. The molecule has 0 atom stereocenters. The second-order valence-electron chi connectivity index (χ2n) is 7.87. The van der Waals surface area contributed by atoms with E-state index in [9.17, 15) is 9.59 Å². The van der Waals surface area contributed by atoms with Crippen LogP contribution in [-0.2, 0) is 11.2 Å². The third-order valence-electron chi connectivity index (χ3n) is 4.97. The fraction of sp³-hybridized carbons (Fsp3) is 0.269. The Bertz CT molecular complexity index is 1100. The maximum Gasteiger partial charge on any atom is 0.228 e. The lowest BCUT2D eigenvalue weighted by Crippen LogP contribution is -2.15. The SMILES string of the molecule is CNC(C)C.COc1cccc(CC(=O)Nc2ccc(-c3cnc(N)c(C=O)c3)c(C)c2)c1. The quantitative estimate of drug-likeness (QED) is 0.467. The van der Waals surface area contributed by atoms with Crippen LogP contribution < -0.4 is 21.1 Å². The highest BCUT2D eigenvalue weighted by molar-refractivity contribution is 5.93. The van der Waals surface area contributed by atoms with Crippen molar-refractivity contribution in [1.29, 1.82) is 0 Å². The number of ether oxygens (including phenoxy) is 1.